The van der Waals surface area contributed by atoms with Gasteiger partial charge < -0.3 is 10.0 Å². The van der Waals surface area contributed by atoms with Crippen molar-refractivity contribution in [2.75, 3.05) is 37.6 Å². The maximum Gasteiger partial charge on any atom is 0.303 e. The summed E-state index contributed by atoms with van der Waals surface area (Å²) in [5.74, 6) is -0.948. The summed E-state index contributed by atoms with van der Waals surface area (Å²) in [5.41, 5.74) is 7.42. The number of benzene rings is 3. The lowest BCUT2D eigenvalue weighted by Crippen LogP contribution is -2.47. The average molecular weight is 618 g/mol. The number of nitrogens with zero attached hydrogens (tertiary/aromatic N) is 2. The summed E-state index contributed by atoms with van der Waals surface area (Å²) in [6.07, 6.45) is 4.06. The summed E-state index contributed by atoms with van der Waals surface area (Å²) in [6.45, 7) is 9.70. The Hall–Kier alpha value is -3.26. The monoisotopic (exact) mass is 617 g/mol. The van der Waals surface area contributed by atoms with Crippen molar-refractivity contribution >= 4 is 46.7 Å². The standard InChI is InChI=1S/C35H40ClN3O3S/c1-35(2)18-17-32(26-6-10-29(36)11-7-26)28(23-35)24-38-19-21-39(22-20-38)30-12-8-27(9-13-30)34(42)37-43-31-14-3-25(4-15-31)5-16-33(40)41/h3-4,6-15H,5,16-24H2,1-2H3,(H,37,42)(H,40,41). The largest absolute Gasteiger partial charge is 0.481 e. The van der Waals surface area contributed by atoms with E-state index in [0.717, 1.165) is 66.7 Å². The van der Waals surface area contributed by atoms with Gasteiger partial charge in [-0.15, -0.1) is 0 Å². The molecule has 8 heteroatoms. The van der Waals surface area contributed by atoms with Crippen LogP contribution >= 0.6 is 23.5 Å². The fourth-order valence-corrected chi connectivity index (χ4v) is 6.69. The Kier molecular flexibility index (Phi) is 10.2. The molecule has 1 heterocycles. The topological polar surface area (TPSA) is 72.9 Å². The molecule has 3 aromatic rings. The molecule has 6 nitrogen and oxygen atoms in total. The predicted molar refractivity (Wildman–Crippen MR) is 177 cm³/mol. The van der Waals surface area contributed by atoms with Gasteiger partial charge in [0.2, 0.25) is 0 Å². The summed E-state index contributed by atoms with van der Waals surface area (Å²) in [6, 6.07) is 23.8. The van der Waals surface area contributed by atoms with Crippen LogP contribution in [-0.4, -0.2) is 54.6 Å². The lowest BCUT2D eigenvalue weighted by atomic mass is 9.73. The minimum atomic E-state index is -0.806. The Morgan fingerprint density at radius 3 is 2.26 bits per heavy atom. The first kappa shape index (κ1) is 31.2. The first-order valence-corrected chi connectivity index (χ1v) is 16.2. The van der Waals surface area contributed by atoms with Gasteiger partial charge in [-0.2, -0.15) is 0 Å². The van der Waals surface area contributed by atoms with Crippen LogP contribution in [0.4, 0.5) is 5.69 Å². The zero-order valence-corrected chi connectivity index (χ0v) is 26.5. The molecule has 0 bridgehead atoms. The quantitative estimate of drug-likeness (QED) is 0.229. The molecule has 0 unspecified atom stereocenters. The van der Waals surface area contributed by atoms with Crippen LogP contribution < -0.4 is 9.62 Å². The number of carboxylic acids is 1. The van der Waals surface area contributed by atoms with Crippen LogP contribution in [0.15, 0.2) is 83.3 Å². The van der Waals surface area contributed by atoms with Gasteiger partial charge in [0, 0.05) is 60.3 Å². The lowest BCUT2D eigenvalue weighted by Gasteiger charge is -2.39. The van der Waals surface area contributed by atoms with E-state index >= 15 is 0 Å². The molecular weight excluding hydrogens is 578 g/mol. The van der Waals surface area contributed by atoms with Crippen LogP contribution in [0, 0.1) is 5.41 Å². The molecule has 1 saturated heterocycles. The van der Waals surface area contributed by atoms with Crippen LogP contribution in [-0.2, 0) is 11.2 Å². The van der Waals surface area contributed by atoms with E-state index < -0.39 is 5.97 Å². The number of allylic oxidation sites excluding steroid dienone is 1. The Bertz CT molecular complexity index is 1450. The number of carbonyl (C=O) groups excluding carboxylic acids is 1. The zero-order valence-electron chi connectivity index (χ0n) is 24.9. The van der Waals surface area contributed by atoms with Gasteiger partial charge in [-0.25, -0.2) is 0 Å². The van der Waals surface area contributed by atoms with Crippen LogP contribution in [0.3, 0.4) is 0 Å². The molecule has 1 fully saturated rings. The van der Waals surface area contributed by atoms with Crippen molar-refractivity contribution in [2.45, 2.75) is 50.8 Å². The highest BCUT2D eigenvalue weighted by Crippen LogP contribution is 2.42. The molecule has 0 radical (unpaired) electrons. The number of hydrogen-bond donors (Lipinski definition) is 2. The van der Waals surface area contributed by atoms with Crippen molar-refractivity contribution in [2.24, 2.45) is 5.41 Å². The van der Waals surface area contributed by atoms with Crippen LogP contribution in [0.5, 0.6) is 0 Å². The molecule has 1 aliphatic carbocycles. The highest BCUT2D eigenvalue weighted by Gasteiger charge is 2.29. The number of hydrogen-bond acceptors (Lipinski definition) is 5. The molecule has 226 valence electrons. The second-order valence-electron chi connectivity index (χ2n) is 12.3. The van der Waals surface area contributed by atoms with Gasteiger partial charge in [0.05, 0.1) is 0 Å². The fraction of sp³-hybridized carbons (Fsp3) is 0.371. The summed E-state index contributed by atoms with van der Waals surface area (Å²) in [5, 5.41) is 9.62. The molecule has 2 aliphatic rings. The Labute approximate surface area is 264 Å². The maximum absolute atomic E-state index is 12.7. The van der Waals surface area contributed by atoms with Gasteiger partial charge in [-0.3, -0.25) is 19.2 Å². The molecule has 1 amide bonds. The van der Waals surface area contributed by atoms with E-state index in [0.29, 0.717) is 17.4 Å². The first-order valence-electron chi connectivity index (χ1n) is 15.0. The molecule has 0 atom stereocenters. The maximum atomic E-state index is 12.7. The number of aliphatic carboxylic acids is 1. The highest BCUT2D eigenvalue weighted by molar-refractivity contribution is 7.98. The third kappa shape index (κ3) is 8.65. The number of nitrogens with one attached hydrogen (secondary N) is 1. The summed E-state index contributed by atoms with van der Waals surface area (Å²) in [7, 11) is 0. The van der Waals surface area contributed by atoms with Gasteiger partial charge in [0.1, 0.15) is 0 Å². The number of anilines is 1. The van der Waals surface area contributed by atoms with Crippen molar-refractivity contribution < 1.29 is 14.7 Å². The number of rotatable bonds is 10. The zero-order chi connectivity index (χ0) is 30.4. The predicted octanol–water partition coefficient (Wildman–Crippen LogP) is 7.58. The van der Waals surface area contributed by atoms with Crippen LogP contribution in [0.1, 0.15) is 61.0 Å². The van der Waals surface area contributed by atoms with Gasteiger partial charge in [0.15, 0.2) is 0 Å². The third-order valence-corrected chi connectivity index (χ3v) is 9.50. The third-order valence-electron chi connectivity index (χ3n) is 8.46. The van der Waals surface area contributed by atoms with Crippen LogP contribution in [0.2, 0.25) is 5.02 Å². The second kappa shape index (κ2) is 14.0. The van der Waals surface area contributed by atoms with E-state index in [1.54, 1.807) is 5.57 Å². The van der Waals surface area contributed by atoms with Crippen molar-refractivity contribution in [1.29, 1.82) is 0 Å². The van der Waals surface area contributed by atoms with E-state index in [4.69, 9.17) is 16.7 Å². The highest BCUT2D eigenvalue weighted by atomic mass is 35.5. The van der Waals surface area contributed by atoms with Gasteiger partial charge in [0.25, 0.3) is 5.91 Å². The van der Waals surface area contributed by atoms with E-state index in [1.807, 2.05) is 60.7 Å². The lowest BCUT2D eigenvalue weighted by molar-refractivity contribution is -0.136. The number of carbonyl (C=O) groups is 2. The summed E-state index contributed by atoms with van der Waals surface area (Å²) in [4.78, 5) is 29.4. The van der Waals surface area contributed by atoms with Crippen molar-refractivity contribution in [1.82, 2.24) is 9.62 Å². The first-order chi connectivity index (χ1) is 20.6. The van der Waals surface area contributed by atoms with E-state index in [-0.39, 0.29) is 12.3 Å². The van der Waals surface area contributed by atoms with Crippen molar-refractivity contribution in [3.05, 3.63) is 100 Å². The van der Waals surface area contributed by atoms with Gasteiger partial charge in [-0.1, -0.05) is 55.3 Å². The fourth-order valence-electron chi connectivity index (χ4n) is 5.96. The summed E-state index contributed by atoms with van der Waals surface area (Å²) >= 11 is 7.43. The number of amides is 1. The molecular formula is C35H40ClN3O3S. The summed E-state index contributed by atoms with van der Waals surface area (Å²) < 4.78 is 2.90. The molecule has 5 rings (SSSR count). The SMILES string of the molecule is CC1(C)CCC(c2ccc(Cl)cc2)=C(CN2CCN(c3ccc(C(=O)NSc4ccc(CCC(=O)O)cc4)cc3)CC2)C1. The molecule has 1 aliphatic heterocycles. The molecule has 43 heavy (non-hydrogen) atoms. The molecule has 0 saturated carbocycles. The smallest absolute Gasteiger partial charge is 0.303 e. The Morgan fingerprint density at radius 2 is 1.60 bits per heavy atom. The Morgan fingerprint density at radius 1 is 0.930 bits per heavy atom. The minimum absolute atomic E-state index is 0.109. The average Bonchev–Trinajstić information content (AvgIpc) is 3.00. The number of carboxylic acid groups (broad SMARTS) is 1. The second-order valence-corrected chi connectivity index (χ2v) is 13.6. The van der Waals surface area contributed by atoms with E-state index in [2.05, 4.69) is 40.5 Å². The minimum Gasteiger partial charge on any atom is -0.481 e. The van der Waals surface area contributed by atoms with Gasteiger partial charge in [-0.05, 0) is 108 Å². The molecule has 2 N–H and O–H groups in total. The van der Waals surface area contributed by atoms with Crippen molar-refractivity contribution in [3.8, 4) is 0 Å². The Balaban J connectivity index is 1.13. The molecule has 0 aromatic heterocycles. The van der Waals surface area contributed by atoms with E-state index in [9.17, 15) is 9.59 Å². The van der Waals surface area contributed by atoms with E-state index in [1.165, 1.54) is 29.5 Å². The number of halogens is 1. The van der Waals surface area contributed by atoms with Gasteiger partial charge >= 0.3 is 5.97 Å². The number of piperazine rings is 1. The van der Waals surface area contributed by atoms with Crippen LogP contribution in [0.25, 0.3) is 5.57 Å². The number of aryl methyl sites for hydroxylation is 1. The molecule has 0 spiro atoms. The normalized spacial score (nSPS) is 17.1. The molecule has 3 aromatic carbocycles. The van der Waals surface area contributed by atoms with Crippen molar-refractivity contribution in [3.63, 3.8) is 0 Å².